The fourth-order valence-corrected chi connectivity index (χ4v) is 2.10. The molecule has 0 radical (unpaired) electrons. The molecule has 0 bridgehead atoms. The summed E-state index contributed by atoms with van der Waals surface area (Å²) in [6.45, 7) is 2.46. The predicted octanol–water partition coefficient (Wildman–Crippen LogP) is 0.947. The molecule has 86 valence electrons. The van der Waals surface area contributed by atoms with Gasteiger partial charge in [-0.25, -0.2) is 13.4 Å². The smallest absolute Gasteiger partial charge is 0.202 e. The molecule has 5 nitrogen and oxygen atoms in total. The van der Waals surface area contributed by atoms with Crippen molar-refractivity contribution in [2.45, 2.75) is 19.8 Å². The van der Waals surface area contributed by atoms with E-state index in [4.69, 9.17) is 0 Å². The molecule has 1 aromatic rings. The molecule has 0 atom stereocenters. The molecule has 0 aromatic carbocycles. The van der Waals surface area contributed by atoms with Crippen molar-refractivity contribution in [1.29, 1.82) is 0 Å². The molecule has 0 fully saturated rings. The summed E-state index contributed by atoms with van der Waals surface area (Å²) in [6, 6.07) is 0. The van der Waals surface area contributed by atoms with E-state index in [-0.39, 0.29) is 5.75 Å². The molecular formula is C8H15N3O2S2. The number of hydrogen-bond acceptors (Lipinski definition) is 6. The SMILES string of the molecule is CCCc1nsc(NCCS(C)(=O)=O)n1. The highest BCUT2D eigenvalue weighted by Crippen LogP contribution is 2.11. The number of nitrogens with zero attached hydrogens (tertiary/aromatic N) is 2. The van der Waals surface area contributed by atoms with E-state index in [2.05, 4.69) is 21.6 Å². The average molecular weight is 249 g/mol. The molecule has 15 heavy (non-hydrogen) atoms. The second-order valence-electron chi connectivity index (χ2n) is 3.32. The third-order valence-electron chi connectivity index (χ3n) is 1.69. The molecule has 0 aliphatic carbocycles. The van der Waals surface area contributed by atoms with Crippen LogP contribution in [0.15, 0.2) is 0 Å². The molecular weight excluding hydrogens is 234 g/mol. The van der Waals surface area contributed by atoms with Gasteiger partial charge in [0, 0.05) is 30.8 Å². The maximum absolute atomic E-state index is 10.9. The van der Waals surface area contributed by atoms with Gasteiger partial charge in [0.05, 0.1) is 5.75 Å². The summed E-state index contributed by atoms with van der Waals surface area (Å²) < 4.78 is 25.9. The number of hydrogen-bond donors (Lipinski definition) is 1. The number of anilines is 1. The number of sulfone groups is 1. The van der Waals surface area contributed by atoms with Gasteiger partial charge in [-0.1, -0.05) is 6.92 Å². The highest BCUT2D eigenvalue weighted by Gasteiger charge is 2.04. The summed E-state index contributed by atoms with van der Waals surface area (Å²) in [5.74, 6) is 0.944. The molecule has 0 amide bonds. The van der Waals surface area contributed by atoms with Crippen LogP contribution in [-0.2, 0) is 16.3 Å². The highest BCUT2D eigenvalue weighted by atomic mass is 32.2. The topological polar surface area (TPSA) is 72.0 Å². The standard InChI is InChI=1S/C8H15N3O2S2/c1-3-4-7-10-8(14-11-7)9-5-6-15(2,12)13/h3-6H2,1-2H3,(H,9,10,11). The molecule has 0 saturated carbocycles. The molecule has 0 spiro atoms. The zero-order valence-corrected chi connectivity index (χ0v) is 10.5. The Morgan fingerprint density at radius 1 is 1.47 bits per heavy atom. The lowest BCUT2D eigenvalue weighted by Crippen LogP contribution is -2.13. The van der Waals surface area contributed by atoms with Gasteiger partial charge in [-0.2, -0.15) is 4.37 Å². The minimum absolute atomic E-state index is 0.121. The molecule has 1 aromatic heterocycles. The third-order valence-corrected chi connectivity index (χ3v) is 3.35. The van der Waals surface area contributed by atoms with E-state index in [0.29, 0.717) is 11.7 Å². The van der Waals surface area contributed by atoms with Crippen molar-refractivity contribution in [3.8, 4) is 0 Å². The zero-order valence-electron chi connectivity index (χ0n) is 8.86. The lowest BCUT2D eigenvalue weighted by molar-refractivity contribution is 0.602. The van der Waals surface area contributed by atoms with E-state index in [1.165, 1.54) is 17.8 Å². The van der Waals surface area contributed by atoms with Crippen LogP contribution in [0.4, 0.5) is 5.13 Å². The highest BCUT2D eigenvalue weighted by molar-refractivity contribution is 7.90. The summed E-state index contributed by atoms with van der Waals surface area (Å²) in [6.07, 6.45) is 3.10. The Kier molecular flexibility index (Phi) is 4.46. The van der Waals surface area contributed by atoms with Crippen LogP contribution in [0.2, 0.25) is 0 Å². The lowest BCUT2D eigenvalue weighted by Gasteiger charge is -1.99. The Morgan fingerprint density at radius 2 is 2.20 bits per heavy atom. The van der Waals surface area contributed by atoms with Crippen LogP contribution in [0.25, 0.3) is 0 Å². The average Bonchev–Trinajstić information content (AvgIpc) is 2.51. The second-order valence-corrected chi connectivity index (χ2v) is 6.33. The zero-order chi connectivity index (χ0) is 11.3. The van der Waals surface area contributed by atoms with E-state index in [1.807, 2.05) is 0 Å². The van der Waals surface area contributed by atoms with Gasteiger partial charge in [0.25, 0.3) is 0 Å². The van der Waals surface area contributed by atoms with Gasteiger partial charge >= 0.3 is 0 Å². The van der Waals surface area contributed by atoms with Gasteiger partial charge in [-0.15, -0.1) is 0 Å². The molecule has 0 aliphatic heterocycles. The minimum atomic E-state index is -2.90. The summed E-state index contributed by atoms with van der Waals surface area (Å²) in [7, 11) is -2.90. The van der Waals surface area contributed by atoms with E-state index in [1.54, 1.807) is 0 Å². The Hall–Kier alpha value is -0.690. The molecule has 0 unspecified atom stereocenters. The van der Waals surface area contributed by atoms with Crippen molar-refractivity contribution >= 4 is 26.5 Å². The molecule has 1 heterocycles. The van der Waals surface area contributed by atoms with E-state index in [0.717, 1.165) is 18.7 Å². The fourth-order valence-electron chi connectivity index (χ4n) is 0.994. The number of rotatable bonds is 6. The van der Waals surface area contributed by atoms with Crippen molar-refractivity contribution in [2.75, 3.05) is 23.9 Å². The van der Waals surface area contributed by atoms with Crippen LogP contribution in [0.5, 0.6) is 0 Å². The van der Waals surface area contributed by atoms with Crippen molar-refractivity contribution in [3.63, 3.8) is 0 Å². The first-order chi connectivity index (χ1) is 7.01. The summed E-state index contributed by atoms with van der Waals surface area (Å²) in [5, 5.41) is 3.64. The lowest BCUT2D eigenvalue weighted by atomic mass is 10.3. The monoisotopic (exact) mass is 249 g/mol. The first kappa shape index (κ1) is 12.4. The van der Waals surface area contributed by atoms with E-state index in [9.17, 15) is 8.42 Å². The van der Waals surface area contributed by atoms with Gasteiger partial charge < -0.3 is 5.32 Å². The fraction of sp³-hybridized carbons (Fsp3) is 0.750. The Labute approximate surface area is 94.0 Å². The van der Waals surface area contributed by atoms with Crippen molar-refractivity contribution in [3.05, 3.63) is 5.82 Å². The van der Waals surface area contributed by atoms with Crippen LogP contribution in [0.3, 0.4) is 0 Å². The largest absolute Gasteiger partial charge is 0.359 e. The van der Waals surface area contributed by atoms with Crippen LogP contribution >= 0.6 is 11.5 Å². The third kappa shape index (κ3) is 5.08. The maximum Gasteiger partial charge on any atom is 0.202 e. The van der Waals surface area contributed by atoms with Gasteiger partial charge in [-0.05, 0) is 6.42 Å². The normalized spacial score (nSPS) is 11.6. The maximum atomic E-state index is 10.9. The first-order valence-corrected chi connectivity index (χ1v) is 7.59. The molecule has 0 saturated heterocycles. The van der Waals surface area contributed by atoms with Gasteiger partial charge in [0.15, 0.2) is 0 Å². The van der Waals surface area contributed by atoms with Crippen LogP contribution in [-0.4, -0.2) is 36.3 Å². The Bertz CT molecular complexity index is 400. The van der Waals surface area contributed by atoms with Crippen molar-refractivity contribution in [2.24, 2.45) is 0 Å². The quantitative estimate of drug-likeness (QED) is 0.812. The van der Waals surface area contributed by atoms with Crippen molar-refractivity contribution in [1.82, 2.24) is 9.36 Å². The summed E-state index contributed by atoms with van der Waals surface area (Å²) in [5.41, 5.74) is 0. The predicted molar refractivity (Wildman–Crippen MR) is 62.1 cm³/mol. The van der Waals surface area contributed by atoms with Crippen molar-refractivity contribution < 1.29 is 8.42 Å². The Morgan fingerprint density at radius 3 is 2.80 bits per heavy atom. The number of aryl methyl sites for hydroxylation is 1. The second kappa shape index (κ2) is 5.41. The summed E-state index contributed by atoms with van der Waals surface area (Å²) >= 11 is 1.27. The summed E-state index contributed by atoms with van der Waals surface area (Å²) in [4.78, 5) is 4.22. The van der Waals surface area contributed by atoms with E-state index >= 15 is 0 Å². The van der Waals surface area contributed by atoms with E-state index < -0.39 is 9.84 Å². The minimum Gasteiger partial charge on any atom is -0.359 e. The van der Waals surface area contributed by atoms with Gasteiger partial charge in [-0.3, -0.25) is 0 Å². The number of aromatic nitrogens is 2. The van der Waals surface area contributed by atoms with Crippen LogP contribution < -0.4 is 5.32 Å². The number of nitrogens with one attached hydrogen (secondary N) is 1. The Balaban J connectivity index is 2.38. The molecule has 0 aliphatic rings. The molecule has 1 N–H and O–H groups in total. The van der Waals surface area contributed by atoms with Crippen LogP contribution in [0, 0.1) is 0 Å². The van der Waals surface area contributed by atoms with Crippen LogP contribution in [0.1, 0.15) is 19.2 Å². The molecule has 7 heteroatoms. The van der Waals surface area contributed by atoms with Gasteiger partial charge in [0.2, 0.25) is 5.13 Å². The van der Waals surface area contributed by atoms with Gasteiger partial charge in [0.1, 0.15) is 15.7 Å². The molecule has 1 rings (SSSR count). The first-order valence-electron chi connectivity index (χ1n) is 4.75.